The number of nitrogens with zero attached hydrogens (tertiary/aromatic N) is 1. The normalized spacial score (nSPS) is 47.5. The average molecular weight is 557 g/mol. The first-order valence-corrected chi connectivity index (χ1v) is 15.5. The largest absolute Gasteiger partial charge is 0.462 e. The summed E-state index contributed by atoms with van der Waals surface area (Å²) in [6.07, 6.45) is 10.5. The molecule has 5 aliphatic rings. The van der Waals surface area contributed by atoms with Crippen molar-refractivity contribution in [1.29, 1.82) is 0 Å². The fraction of sp³-hybridized carbons (Fsp3) is 0.848. The number of hydrogen-bond donors (Lipinski definition) is 2. The van der Waals surface area contributed by atoms with Gasteiger partial charge >= 0.3 is 12.0 Å². The van der Waals surface area contributed by atoms with E-state index < -0.39 is 11.6 Å². The molecule has 0 saturated heterocycles. The molecule has 0 unspecified atom stereocenters. The first-order chi connectivity index (χ1) is 18.3. The molecule has 0 bridgehead atoms. The van der Waals surface area contributed by atoms with Crippen LogP contribution in [-0.4, -0.2) is 46.7 Å². The number of urea groups is 1. The van der Waals surface area contributed by atoms with Crippen LogP contribution >= 0.6 is 0 Å². The zero-order chi connectivity index (χ0) is 29.7. The Hall–Kier alpha value is -1.89. The predicted octanol–water partition coefficient (Wildman–Crippen LogP) is 6.68. The number of esters is 1. The summed E-state index contributed by atoms with van der Waals surface area (Å²) in [5, 5.41) is 13.4. The summed E-state index contributed by atoms with van der Waals surface area (Å²) in [6, 6.07) is -0.483. The van der Waals surface area contributed by atoms with E-state index in [-0.39, 0.29) is 56.8 Å². The van der Waals surface area contributed by atoms with Crippen molar-refractivity contribution in [3.63, 3.8) is 0 Å². The van der Waals surface area contributed by atoms with Crippen LogP contribution in [0.25, 0.3) is 0 Å². The number of ether oxygens (including phenoxy) is 1. The van der Waals surface area contributed by atoms with Gasteiger partial charge in [-0.3, -0.25) is 14.8 Å². The lowest BCUT2D eigenvalue weighted by Crippen LogP contribution is -2.67. The van der Waals surface area contributed by atoms with Crippen LogP contribution in [0.1, 0.15) is 113 Å². The molecule has 0 radical (unpaired) electrons. The average Bonchev–Trinajstić information content (AvgIpc) is 2.83. The second kappa shape index (κ2) is 9.05. The zero-order valence-corrected chi connectivity index (χ0v) is 26.3. The van der Waals surface area contributed by atoms with Crippen LogP contribution in [0.5, 0.6) is 0 Å². The van der Waals surface area contributed by atoms with Gasteiger partial charge in [0.25, 0.3) is 0 Å². The lowest BCUT2D eigenvalue weighted by molar-refractivity contribution is -0.210. The number of carbonyl (C=O) groups excluding carboxylic acids is 3. The molecule has 2 N–H and O–H groups in total. The molecule has 7 nitrogen and oxygen atoms in total. The van der Waals surface area contributed by atoms with Crippen molar-refractivity contribution in [2.24, 2.45) is 44.8 Å². The number of rotatable bonds is 2. The summed E-state index contributed by atoms with van der Waals surface area (Å²) >= 11 is 0. The summed E-state index contributed by atoms with van der Waals surface area (Å²) in [4.78, 5) is 38.9. The molecule has 0 aromatic rings. The van der Waals surface area contributed by atoms with Gasteiger partial charge in [0.15, 0.2) is 5.78 Å². The lowest BCUT2D eigenvalue weighted by Gasteiger charge is -2.70. The van der Waals surface area contributed by atoms with E-state index >= 15 is 0 Å². The number of carbonyl (C=O) groups is 3. The molecule has 0 aliphatic heterocycles. The maximum atomic E-state index is 14.5. The Kier molecular flexibility index (Phi) is 6.70. The molecule has 224 valence electrons. The minimum Gasteiger partial charge on any atom is -0.462 e. The van der Waals surface area contributed by atoms with E-state index in [1.165, 1.54) is 19.5 Å². The summed E-state index contributed by atoms with van der Waals surface area (Å²) in [5.41, 5.74) is 0.342. The number of nitrogens with one attached hydrogen (secondary N) is 1. The molecule has 4 fully saturated rings. The van der Waals surface area contributed by atoms with Gasteiger partial charge in [0, 0.05) is 30.8 Å². The molecule has 4 saturated carbocycles. The second-order valence-corrected chi connectivity index (χ2v) is 16.2. The van der Waals surface area contributed by atoms with Crippen molar-refractivity contribution >= 4 is 17.8 Å². The van der Waals surface area contributed by atoms with Gasteiger partial charge < -0.3 is 10.1 Å². The third-order valence-corrected chi connectivity index (χ3v) is 13.5. The van der Waals surface area contributed by atoms with Crippen molar-refractivity contribution in [3.05, 3.63) is 11.6 Å². The van der Waals surface area contributed by atoms with Crippen LogP contribution in [0.3, 0.4) is 0 Å². The Morgan fingerprint density at radius 3 is 2.25 bits per heavy atom. The van der Waals surface area contributed by atoms with Gasteiger partial charge in [-0.1, -0.05) is 47.1 Å². The fourth-order valence-corrected chi connectivity index (χ4v) is 11.0. The van der Waals surface area contributed by atoms with E-state index in [1.54, 1.807) is 0 Å². The number of fused-ring (bicyclic) bond motifs is 7. The minimum absolute atomic E-state index is 0.0628. The van der Waals surface area contributed by atoms with Crippen molar-refractivity contribution in [3.8, 4) is 0 Å². The van der Waals surface area contributed by atoms with E-state index in [9.17, 15) is 19.6 Å². The van der Waals surface area contributed by atoms with Crippen LogP contribution in [0.15, 0.2) is 11.6 Å². The van der Waals surface area contributed by atoms with Gasteiger partial charge in [-0.25, -0.2) is 9.86 Å². The highest BCUT2D eigenvalue weighted by Crippen LogP contribution is 2.74. The second-order valence-electron chi connectivity index (χ2n) is 16.2. The molecule has 5 aliphatic carbocycles. The third kappa shape index (κ3) is 4.03. The van der Waals surface area contributed by atoms with Crippen molar-refractivity contribution < 1.29 is 24.3 Å². The van der Waals surface area contributed by atoms with Crippen LogP contribution in [-0.2, 0) is 14.3 Å². The minimum atomic E-state index is -0.483. The SMILES string of the molecule is CC(=O)O[C@H]1CC[C@]2(C)[C@H]3C(=O)C=C4[C@@H]5C[C@@](C)(NC(=O)N(C)O)CC[C@]5(C)CC[C@@]4(C)[C@]3(C)CC[C@H]2C1(C)C. The maximum Gasteiger partial charge on any atom is 0.341 e. The number of ketones is 1. The Labute approximate surface area is 240 Å². The molecular formula is C33H52N2O5. The van der Waals surface area contributed by atoms with Crippen LogP contribution in [0, 0.1) is 44.8 Å². The van der Waals surface area contributed by atoms with E-state index in [4.69, 9.17) is 4.74 Å². The van der Waals surface area contributed by atoms with Gasteiger partial charge in [0.05, 0.1) is 0 Å². The van der Waals surface area contributed by atoms with Gasteiger partial charge in [0.2, 0.25) is 0 Å². The van der Waals surface area contributed by atoms with Crippen molar-refractivity contribution in [2.75, 3.05) is 7.05 Å². The molecule has 0 aromatic heterocycles. The number of amides is 2. The standard InChI is InChI=1S/C33H52N2O5/c1-20(36)40-25-11-12-31(6)24(28(25,2)3)10-13-33(8)26(31)23(37)18-21-22-19-30(5,34-27(38)35(9)39)16-14-29(22,4)15-17-32(21,33)7/h18,22,24-26,39H,10-17,19H2,1-9H3,(H,34,38)/t22-,24-,25-,26+,29+,30-,31-,32+,33+/m0/s1. The third-order valence-electron chi connectivity index (χ3n) is 13.5. The maximum absolute atomic E-state index is 14.5. The Morgan fingerprint density at radius 2 is 1.62 bits per heavy atom. The molecule has 0 aromatic carbocycles. The quantitative estimate of drug-likeness (QED) is 0.225. The predicted molar refractivity (Wildman–Crippen MR) is 153 cm³/mol. The van der Waals surface area contributed by atoms with E-state index in [1.807, 2.05) is 0 Å². The lowest BCUT2D eigenvalue weighted by atomic mass is 9.33. The highest BCUT2D eigenvalue weighted by atomic mass is 16.5. The smallest absolute Gasteiger partial charge is 0.341 e. The summed E-state index contributed by atoms with van der Waals surface area (Å²) in [6.45, 7) is 17.7. The number of hydrogen-bond acceptors (Lipinski definition) is 5. The van der Waals surface area contributed by atoms with Gasteiger partial charge in [-0.15, -0.1) is 0 Å². The molecule has 9 atom stereocenters. The first kappa shape index (κ1) is 29.6. The number of allylic oxidation sites excluding steroid dienone is 2. The molecule has 40 heavy (non-hydrogen) atoms. The monoisotopic (exact) mass is 556 g/mol. The molecule has 5 rings (SSSR count). The molecular weight excluding hydrogens is 504 g/mol. The Bertz CT molecular complexity index is 1150. The molecule has 0 spiro atoms. The van der Waals surface area contributed by atoms with Crippen LogP contribution < -0.4 is 5.32 Å². The molecule has 2 amide bonds. The molecule has 7 heteroatoms. The highest BCUT2D eigenvalue weighted by Gasteiger charge is 2.70. The Balaban J connectivity index is 1.53. The van der Waals surface area contributed by atoms with E-state index in [0.29, 0.717) is 11.0 Å². The van der Waals surface area contributed by atoms with E-state index in [0.717, 1.165) is 57.8 Å². The zero-order valence-electron chi connectivity index (χ0n) is 26.3. The van der Waals surface area contributed by atoms with Crippen molar-refractivity contribution in [2.45, 2.75) is 125 Å². The first-order valence-electron chi connectivity index (χ1n) is 15.5. The number of hydroxylamine groups is 2. The summed E-state index contributed by atoms with van der Waals surface area (Å²) in [7, 11) is 1.35. The summed E-state index contributed by atoms with van der Waals surface area (Å²) in [5.74, 6) is 0.503. The van der Waals surface area contributed by atoms with E-state index in [2.05, 4.69) is 59.9 Å². The molecule has 0 heterocycles. The van der Waals surface area contributed by atoms with Crippen molar-refractivity contribution in [1.82, 2.24) is 10.4 Å². The topological polar surface area (TPSA) is 95.9 Å². The Morgan fingerprint density at radius 1 is 0.975 bits per heavy atom. The fourth-order valence-electron chi connectivity index (χ4n) is 11.0. The van der Waals surface area contributed by atoms with Gasteiger partial charge in [-0.05, 0) is 104 Å². The van der Waals surface area contributed by atoms with Gasteiger partial charge in [-0.2, -0.15) is 0 Å². The van der Waals surface area contributed by atoms with Gasteiger partial charge in [0.1, 0.15) is 6.10 Å². The van der Waals surface area contributed by atoms with Crippen LogP contribution in [0.2, 0.25) is 0 Å². The van der Waals surface area contributed by atoms with Crippen LogP contribution in [0.4, 0.5) is 4.79 Å². The summed E-state index contributed by atoms with van der Waals surface area (Å²) < 4.78 is 5.84. The highest BCUT2D eigenvalue weighted by molar-refractivity contribution is 5.95.